The second kappa shape index (κ2) is 5.59. The first-order valence-corrected chi connectivity index (χ1v) is 6.41. The van der Waals surface area contributed by atoms with Gasteiger partial charge in [-0.15, -0.1) is 0 Å². The average molecular weight is 295 g/mol. The van der Waals surface area contributed by atoms with Gasteiger partial charge in [0.1, 0.15) is 0 Å². The molecule has 0 aliphatic heterocycles. The fraction of sp³-hybridized carbons (Fsp3) is 0.143. The fourth-order valence-corrected chi connectivity index (χ4v) is 2.23. The van der Waals surface area contributed by atoms with Gasteiger partial charge in [-0.2, -0.15) is 5.10 Å². The molecule has 0 radical (unpaired) electrons. The molecule has 3 nitrogen and oxygen atoms in total. The Balaban J connectivity index is 2.23. The Bertz CT molecular complexity index is 659. The summed E-state index contributed by atoms with van der Waals surface area (Å²) in [6.07, 6.45) is 3.19. The van der Waals surface area contributed by atoms with Crippen molar-refractivity contribution in [2.75, 3.05) is 0 Å². The van der Waals surface area contributed by atoms with Crippen LogP contribution < -0.4 is 0 Å². The molecule has 5 heteroatoms. The number of allylic oxidation sites excluding steroid dienone is 1. The zero-order chi connectivity index (χ0) is 14.0. The molecule has 0 bridgehead atoms. The van der Waals surface area contributed by atoms with E-state index in [1.54, 1.807) is 29.0 Å². The van der Waals surface area contributed by atoms with Crippen LogP contribution in [0, 0.1) is 6.92 Å². The molecule has 0 atom stereocenters. The lowest BCUT2D eigenvalue weighted by molar-refractivity contribution is 0.104. The largest absolute Gasteiger partial charge is 0.289 e. The second-order valence-corrected chi connectivity index (χ2v) is 5.00. The topological polar surface area (TPSA) is 34.9 Å². The molecule has 1 heterocycles. The normalized spacial score (nSPS) is 11.2. The maximum atomic E-state index is 12.0. The van der Waals surface area contributed by atoms with Crippen molar-refractivity contribution in [3.05, 3.63) is 57.3 Å². The van der Waals surface area contributed by atoms with E-state index in [1.165, 1.54) is 6.08 Å². The van der Waals surface area contributed by atoms with Crippen molar-refractivity contribution in [2.45, 2.75) is 6.92 Å². The molecular weight excluding hydrogens is 283 g/mol. The second-order valence-electron chi connectivity index (χ2n) is 4.16. The lowest BCUT2D eigenvalue weighted by atomic mass is 10.1. The van der Waals surface area contributed by atoms with Gasteiger partial charge < -0.3 is 0 Å². The maximum Gasteiger partial charge on any atom is 0.187 e. The predicted molar refractivity (Wildman–Crippen MR) is 77.8 cm³/mol. The van der Waals surface area contributed by atoms with E-state index in [9.17, 15) is 4.79 Å². The molecule has 1 aromatic carbocycles. The standard InChI is InChI=1S/C14H12Cl2N2O/c1-9-7-11(18(2)17-9)4-6-14(19)12-5-3-10(15)8-13(12)16/h3-8H,1-2H3/b6-4+. The van der Waals surface area contributed by atoms with Gasteiger partial charge in [0.15, 0.2) is 5.78 Å². The Morgan fingerprint density at radius 1 is 1.32 bits per heavy atom. The number of aromatic nitrogens is 2. The highest BCUT2D eigenvalue weighted by Gasteiger charge is 2.08. The van der Waals surface area contributed by atoms with E-state index >= 15 is 0 Å². The summed E-state index contributed by atoms with van der Waals surface area (Å²) in [4.78, 5) is 12.0. The number of carbonyl (C=O) groups excluding carboxylic acids is 1. The molecule has 1 aromatic heterocycles. The van der Waals surface area contributed by atoms with E-state index in [0.29, 0.717) is 15.6 Å². The minimum absolute atomic E-state index is 0.166. The summed E-state index contributed by atoms with van der Waals surface area (Å²) in [6, 6.07) is 6.71. The monoisotopic (exact) mass is 294 g/mol. The Labute approximate surface area is 121 Å². The van der Waals surface area contributed by atoms with Crippen molar-refractivity contribution < 1.29 is 4.79 Å². The minimum atomic E-state index is -0.166. The molecule has 19 heavy (non-hydrogen) atoms. The highest BCUT2D eigenvalue weighted by Crippen LogP contribution is 2.21. The van der Waals surface area contributed by atoms with E-state index in [0.717, 1.165) is 11.4 Å². The van der Waals surface area contributed by atoms with Crippen LogP contribution in [0.2, 0.25) is 10.0 Å². The minimum Gasteiger partial charge on any atom is -0.289 e. The Hall–Kier alpha value is -1.58. The summed E-state index contributed by atoms with van der Waals surface area (Å²) < 4.78 is 1.71. The van der Waals surface area contributed by atoms with E-state index in [2.05, 4.69) is 5.10 Å². The third kappa shape index (κ3) is 3.25. The van der Waals surface area contributed by atoms with Crippen LogP contribution in [-0.2, 0) is 7.05 Å². The number of benzene rings is 1. The van der Waals surface area contributed by atoms with Crippen molar-refractivity contribution in [3.63, 3.8) is 0 Å². The molecule has 98 valence electrons. The summed E-state index contributed by atoms with van der Waals surface area (Å²) in [5.74, 6) is -0.166. The smallest absolute Gasteiger partial charge is 0.187 e. The SMILES string of the molecule is Cc1cc(/C=C/C(=O)c2ccc(Cl)cc2Cl)n(C)n1. The molecule has 0 saturated carbocycles. The number of halogens is 2. The van der Waals surface area contributed by atoms with Gasteiger partial charge in [0.05, 0.1) is 16.4 Å². The average Bonchev–Trinajstić information content (AvgIpc) is 2.65. The van der Waals surface area contributed by atoms with Crippen LogP contribution in [0.3, 0.4) is 0 Å². The number of carbonyl (C=O) groups is 1. The van der Waals surface area contributed by atoms with E-state index in [-0.39, 0.29) is 5.78 Å². The first kappa shape index (κ1) is 13.8. The number of nitrogens with zero attached hydrogens (tertiary/aromatic N) is 2. The number of ketones is 1. The Kier molecular flexibility index (Phi) is 4.08. The molecule has 0 N–H and O–H groups in total. The molecule has 0 amide bonds. The third-order valence-corrected chi connectivity index (χ3v) is 3.19. The quantitative estimate of drug-likeness (QED) is 0.635. The van der Waals surface area contributed by atoms with E-state index in [1.807, 2.05) is 20.0 Å². The summed E-state index contributed by atoms with van der Waals surface area (Å²) >= 11 is 11.8. The zero-order valence-electron chi connectivity index (χ0n) is 10.5. The molecule has 0 unspecified atom stereocenters. The van der Waals surface area contributed by atoms with Gasteiger partial charge in [0.2, 0.25) is 0 Å². The van der Waals surface area contributed by atoms with E-state index in [4.69, 9.17) is 23.2 Å². The lowest BCUT2D eigenvalue weighted by Gasteiger charge is -2.00. The van der Waals surface area contributed by atoms with Crippen LogP contribution in [0.5, 0.6) is 0 Å². The Morgan fingerprint density at radius 2 is 2.05 bits per heavy atom. The number of hydrogen-bond donors (Lipinski definition) is 0. The molecule has 0 aliphatic rings. The molecule has 0 aliphatic carbocycles. The van der Waals surface area contributed by atoms with Gasteiger partial charge in [-0.05, 0) is 43.3 Å². The third-order valence-electron chi connectivity index (χ3n) is 2.64. The summed E-state index contributed by atoms with van der Waals surface area (Å²) in [6.45, 7) is 1.90. The maximum absolute atomic E-state index is 12.0. The lowest BCUT2D eigenvalue weighted by Crippen LogP contribution is -1.97. The van der Waals surface area contributed by atoms with Crippen molar-refractivity contribution in [1.29, 1.82) is 0 Å². The number of aryl methyl sites for hydroxylation is 2. The molecule has 2 aromatic rings. The van der Waals surface area contributed by atoms with Gasteiger partial charge >= 0.3 is 0 Å². The van der Waals surface area contributed by atoms with Crippen molar-refractivity contribution in [1.82, 2.24) is 9.78 Å². The van der Waals surface area contributed by atoms with Crippen LogP contribution in [0.15, 0.2) is 30.3 Å². The highest BCUT2D eigenvalue weighted by atomic mass is 35.5. The van der Waals surface area contributed by atoms with Crippen molar-refractivity contribution in [2.24, 2.45) is 7.05 Å². The first-order chi connectivity index (χ1) is 8.97. The number of rotatable bonds is 3. The number of hydrogen-bond acceptors (Lipinski definition) is 2. The fourth-order valence-electron chi connectivity index (χ4n) is 1.73. The highest BCUT2D eigenvalue weighted by molar-refractivity contribution is 6.37. The van der Waals surface area contributed by atoms with Crippen molar-refractivity contribution in [3.8, 4) is 0 Å². The van der Waals surface area contributed by atoms with Crippen LogP contribution in [0.25, 0.3) is 6.08 Å². The predicted octanol–water partition coefficient (Wildman–Crippen LogP) is 3.93. The first-order valence-electron chi connectivity index (χ1n) is 5.65. The van der Waals surface area contributed by atoms with Crippen LogP contribution >= 0.6 is 23.2 Å². The summed E-state index contributed by atoms with van der Waals surface area (Å²) in [5, 5.41) is 5.06. The zero-order valence-corrected chi connectivity index (χ0v) is 12.0. The van der Waals surface area contributed by atoms with E-state index < -0.39 is 0 Å². The van der Waals surface area contributed by atoms with Crippen LogP contribution in [0.4, 0.5) is 0 Å². The summed E-state index contributed by atoms with van der Waals surface area (Å²) in [5.41, 5.74) is 2.19. The van der Waals surface area contributed by atoms with Gasteiger partial charge in [-0.1, -0.05) is 23.2 Å². The molecule has 0 fully saturated rings. The molecule has 0 saturated heterocycles. The van der Waals surface area contributed by atoms with Crippen LogP contribution in [0.1, 0.15) is 21.7 Å². The van der Waals surface area contributed by atoms with Crippen molar-refractivity contribution >= 4 is 35.1 Å². The van der Waals surface area contributed by atoms with Crippen LogP contribution in [-0.4, -0.2) is 15.6 Å². The van der Waals surface area contributed by atoms with Gasteiger partial charge in [-0.25, -0.2) is 0 Å². The van der Waals surface area contributed by atoms with Gasteiger partial charge in [0, 0.05) is 17.6 Å². The molecule has 2 rings (SSSR count). The molecular formula is C14H12Cl2N2O. The molecule has 0 spiro atoms. The summed E-state index contributed by atoms with van der Waals surface area (Å²) in [7, 11) is 1.83. The van der Waals surface area contributed by atoms with Gasteiger partial charge in [0.25, 0.3) is 0 Å². The Morgan fingerprint density at radius 3 is 2.63 bits per heavy atom. The van der Waals surface area contributed by atoms with Gasteiger partial charge in [-0.3, -0.25) is 9.48 Å².